The summed E-state index contributed by atoms with van der Waals surface area (Å²) in [7, 11) is 0. The van der Waals surface area contributed by atoms with Gasteiger partial charge in [0.1, 0.15) is 5.78 Å². The van der Waals surface area contributed by atoms with Gasteiger partial charge >= 0.3 is 0 Å². The zero-order chi connectivity index (χ0) is 16.5. The van der Waals surface area contributed by atoms with E-state index in [0.717, 1.165) is 19.3 Å². The maximum Gasteiger partial charge on any atom is 0.242 e. The van der Waals surface area contributed by atoms with Gasteiger partial charge in [0, 0.05) is 25.8 Å². The highest BCUT2D eigenvalue weighted by molar-refractivity contribution is 8.00. The molecule has 1 fully saturated rings. The molecule has 1 atom stereocenters. The average molecular weight is 328 g/mol. The van der Waals surface area contributed by atoms with Crippen LogP contribution in [0.2, 0.25) is 0 Å². The van der Waals surface area contributed by atoms with Crippen LogP contribution >= 0.6 is 11.8 Å². The smallest absolute Gasteiger partial charge is 0.242 e. The number of Topliss-reactive ketones (excluding diaryl/α,β-unsaturated/α-hetero) is 1. The van der Waals surface area contributed by atoms with Gasteiger partial charge < -0.3 is 10.5 Å². The van der Waals surface area contributed by atoms with Crippen LogP contribution in [0.25, 0.3) is 0 Å². The fourth-order valence-electron chi connectivity index (χ4n) is 2.31. The molecule has 1 unspecified atom stereocenters. The summed E-state index contributed by atoms with van der Waals surface area (Å²) in [5.74, 6) is 0.228. The number of amides is 3. The monoisotopic (exact) mass is 328 g/mol. The molecule has 0 aliphatic carbocycles. The summed E-state index contributed by atoms with van der Waals surface area (Å²) in [6, 6.07) is 0. The lowest BCUT2D eigenvalue weighted by atomic mass is 10.1. The largest absolute Gasteiger partial charge is 0.370 e. The van der Waals surface area contributed by atoms with E-state index in [2.05, 4.69) is 0 Å². The number of unbranched alkanes of at least 4 members (excludes halogenated alkanes) is 2. The Morgan fingerprint density at radius 3 is 2.55 bits per heavy atom. The number of nitrogens with two attached hydrogens (primary N) is 1. The molecule has 0 aromatic carbocycles. The molecule has 1 heterocycles. The molecular formula is C15H24N2O4S. The van der Waals surface area contributed by atoms with Crippen molar-refractivity contribution in [1.82, 2.24) is 4.90 Å². The number of hydrogen-bond donors (Lipinski definition) is 1. The van der Waals surface area contributed by atoms with E-state index in [0.29, 0.717) is 31.6 Å². The predicted octanol–water partition coefficient (Wildman–Crippen LogP) is 1.26. The van der Waals surface area contributed by atoms with Gasteiger partial charge in [-0.2, -0.15) is 0 Å². The van der Waals surface area contributed by atoms with E-state index in [4.69, 9.17) is 5.73 Å². The average Bonchev–Trinajstić information content (AvgIpc) is 2.70. The number of thioether (sulfide) groups is 1. The number of carbonyl (C=O) groups is 4. The zero-order valence-electron chi connectivity index (χ0n) is 13.0. The van der Waals surface area contributed by atoms with E-state index in [1.165, 1.54) is 16.7 Å². The maximum atomic E-state index is 12.2. The van der Waals surface area contributed by atoms with E-state index in [9.17, 15) is 19.2 Å². The summed E-state index contributed by atoms with van der Waals surface area (Å²) in [6.07, 6.45) is 4.12. The van der Waals surface area contributed by atoms with Crippen molar-refractivity contribution in [2.24, 2.45) is 5.73 Å². The Labute approximate surface area is 135 Å². The third-order valence-electron chi connectivity index (χ3n) is 3.50. The molecule has 0 aromatic heterocycles. The van der Waals surface area contributed by atoms with Gasteiger partial charge in [-0.1, -0.05) is 6.42 Å². The molecular weight excluding hydrogens is 304 g/mol. The van der Waals surface area contributed by atoms with Gasteiger partial charge in [0.25, 0.3) is 0 Å². The molecule has 3 amide bonds. The van der Waals surface area contributed by atoms with Crippen LogP contribution in [0, 0.1) is 0 Å². The minimum atomic E-state index is -0.346. The Morgan fingerprint density at radius 1 is 1.18 bits per heavy atom. The molecule has 0 spiro atoms. The quantitative estimate of drug-likeness (QED) is 0.455. The summed E-state index contributed by atoms with van der Waals surface area (Å²) in [5.41, 5.74) is 5.06. The molecule has 2 N–H and O–H groups in total. The molecule has 0 bridgehead atoms. The van der Waals surface area contributed by atoms with Crippen LogP contribution in [0.3, 0.4) is 0 Å². The van der Waals surface area contributed by atoms with Gasteiger partial charge in [-0.05, 0) is 31.9 Å². The van der Waals surface area contributed by atoms with E-state index in [-0.39, 0.29) is 35.2 Å². The summed E-state index contributed by atoms with van der Waals surface area (Å²) < 4.78 is 0. The number of carbonyl (C=O) groups excluding carboxylic acids is 4. The second-order valence-corrected chi connectivity index (χ2v) is 6.84. The Hall–Kier alpha value is -1.37. The Bertz CT molecular complexity index is 439. The van der Waals surface area contributed by atoms with Gasteiger partial charge in [-0.3, -0.25) is 19.3 Å². The van der Waals surface area contributed by atoms with E-state index in [1.54, 1.807) is 6.92 Å². The highest BCUT2D eigenvalue weighted by atomic mass is 32.2. The van der Waals surface area contributed by atoms with Crippen molar-refractivity contribution in [3.8, 4) is 0 Å². The van der Waals surface area contributed by atoms with Crippen LogP contribution in [0.5, 0.6) is 0 Å². The Kier molecular flexibility index (Phi) is 8.16. The number of ketones is 1. The number of likely N-dealkylation sites (tertiary alicyclic amines) is 1. The SMILES string of the molecule is CC(=O)CCCCCN1C(=O)CC(SCCCC(N)=O)C1=O. The molecule has 7 heteroatoms. The fraction of sp³-hybridized carbons (Fsp3) is 0.733. The molecule has 0 aromatic rings. The highest BCUT2D eigenvalue weighted by Gasteiger charge is 2.38. The molecule has 1 aliphatic heterocycles. The third-order valence-corrected chi connectivity index (χ3v) is 4.79. The van der Waals surface area contributed by atoms with Gasteiger partial charge in [-0.15, -0.1) is 11.8 Å². The van der Waals surface area contributed by atoms with E-state index in [1.807, 2.05) is 0 Å². The molecule has 0 radical (unpaired) electrons. The lowest BCUT2D eigenvalue weighted by Gasteiger charge is -2.14. The number of rotatable bonds is 11. The minimum absolute atomic E-state index is 0.121. The first-order valence-electron chi connectivity index (χ1n) is 7.65. The van der Waals surface area contributed by atoms with Gasteiger partial charge in [0.05, 0.1) is 5.25 Å². The highest BCUT2D eigenvalue weighted by Crippen LogP contribution is 2.26. The van der Waals surface area contributed by atoms with Crippen molar-refractivity contribution < 1.29 is 19.2 Å². The Balaban J connectivity index is 2.25. The second-order valence-electron chi connectivity index (χ2n) is 5.53. The topological polar surface area (TPSA) is 97.5 Å². The van der Waals surface area contributed by atoms with Gasteiger partial charge in [0.2, 0.25) is 17.7 Å². The lowest BCUT2D eigenvalue weighted by molar-refractivity contribution is -0.138. The molecule has 1 aliphatic rings. The summed E-state index contributed by atoms with van der Waals surface area (Å²) in [4.78, 5) is 46.8. The molecule has 0 saturated carbocycles. The molecule has 6 nitrogen and oxygen atoms in total. The van der Waals surface area contributed by atoms with Crippen LogP contribution in [-0.2, 0) is 19.2 Å². The standard InChI is InChI=1S/C15H24N2O4S/c1-11(18)6-3-2-4-8-17-14(20)10-12(15(17)21)22-9-5-7-13(16)19/h12H,2-10H2,1H3,(H2,16,19). The maximum absolute atomic E-state index is 12.2. The lowest BCUT2D eigenvalue weighted by Crippen LogP contribution is -2.32. The minimum Gasteiger partial charge on any atom is -0.370 e. The Morgan fingerprint density at radius 2 is 1.91 bits per heavy atom. The number of hydrogen-bond acceptors (Lipinski definition) is 5. The fourth-order valence-corrected chi connectivity index (χ4v) is 3.44. The van der Waals surface area contributed by atoms with Gasteiger partial charge in [-0.25, -0.2) is 0 Å². The van der Waals surface area contributed by atoms with Crippen molar-refractivity contribution in [1.29, 1.82) is 0 Å². The van der Waals surface area contributed by atoms with Crippen molar-refractivity contribution in [2.45, 2.75) is 57.1 Å². The van der Waals surface area contributed by atoms with Crippen LogP contribution in [0.1, 0.15) is 51.9 Å². The molecule has 22 heavy (non-hydrogen) atoms. The third kappa shape index (κ3) is 6.60. The first-order valence-corrected chi connectivity index (χ1v) is 8.70. The first kappa shape index (κ1) is 18.7. The van der Waals surface area contributed by atoms with Crippen molar-refractivity contribution in [2.75, 3.05) is 12.3 Å². The normalized spacial score (nSPS) is 18.0. The molecule has 1 saturated heterocycles. The number of primary amides is 1. The van der Waals surface area contributed by atoms with Crippen LogP contribution in [0.4, 0.5) is 0 Å². The van der Waals surface area contributed by atoms with E-state index < -0.39 is 0 Å². The molecule has 124 valence electrons. The predicted molar refractivity (Wildman–Crippen MR) is 85.2 cm³/mol. The van der Waals surface area contributed by atoms with Crippen molar-refractivity contribution in [3.63, 3.8) is 0 Å². The van der Waals surface area contributed by atoms with Crippen LogP contribution in [-0.4, -0.2) is 46.0 Å². The number of imide groups is 1. The summed E-state index contributed by atoms with van der Waals surface area (Å²) in [6.45, 7) is 2.00. The van der Waals surface area contributed by atoms with Crippen molar-refractivity contribution >= 4 is 35.3 Å². The molecule has 1 rings (SSSR count). The van der Waals surface area contributed by atoms with Gasteiger partial charge in [0.15, 0.2) is 0 Å². The van der Waals surface area contributed by atoms with Crippen LogP contribution in [0.15, 0.2) is 0 Å². The summed E-state index contributed by atoms with van der Waals surface area (Å²) in [5, 5.41) is -0.322. The zero-order valence-corrected chi connectivity index (χ0v) is 13.8. The number of nitrogens with zero attached hydrogens (tertiary/aromatic N) is 1. The second kappa shape index (κ2) is 9.61. The first-order chi connectivity index (χ1) is 10.4. The van der Waals surface area contributed by atoms with Crippen molar-refractivity contribution in [3.05, 3.63) is 0 Å². The van der Waals surface area contributed by atoms with E-state index >= 15 is 0 Å². The van der Waals surface area contributed by atoms with Crippen LogP contribution < -0.4 is 5.73 Å². The summed E-state index contributed by atoms with van der Waals surface area (Å²) >= 11 is 1.42.